The van der Waals surface area contributed by atoms with Crippen LogP contribution in [0.3, 0.4) is 0 Å². The molecule has 0 aliphatic carbocycles. The number of rotatable bonds is 7. The second-order valence-corrected chi connectivity index (χ2v) is 7.91. The van der Waals surface area contributed by atoms with Crippen LogP contribution in [0.1, 0.15) is 43.3 Å². The number of amides is 2. The third-order valence-electron chi connectivity index (χ3n) is 5.37. The highest BCUT2D eigenvalue weighted by Crippen LogP contribution is 2.37. The van der Waals surface area contributed by atoms with Crippen LogP contribution in [0, 0.1) is 5.92 Å². The Morgan fingerprint density at radius 3 is 2.45 bits per heavy atom. The number of methoxy groups -OCH3 is 3. The average molecular weight is 431 g/mol. The Balaban J connectivity index is 1.97. The molecule has 2 atom stereocenters. The van der Waals surface area contributed by atoms with Crippen LogP contribution in [0.25, 0.3) is 0 Å². The summed E-state index contributed by atoms with van der Waals surface area (Å²) in [6.45, 7) is 4.44. The molecule has 1 aromatic heterocycles. The second kappa shape index (κ2) is 9.72. The fourth-order valence-corrected chi connectivity index (χ4v) is 3.88. The molecular formula is C22H30N4O5. The molecule has 1 aliphatic heterocycles. The summed E-state index contributed by atoms with van der Waals surface area (Å²) in [6, 6.07) is 3.97. The van der Waals surface area contributed by atoms with E-state index in [1.165, 1.54) is 7.11 Å². The summed E-state index contributed by atoms with van der Waals surface area (Å²) in [4.78, 5) is 34.9. The van der Waals surface area contributed by atoms with Gasteiger partial charge in [0, 0.05) is 24.7 Å². The predicted molar refractivity (Wildman–Crippen MR) is 114 cm³/mol. The lowest BCUT2D eigenvalue weighted by Crippen LogP contribution is -2.51. The molecule has 0 saturated carbocycles. The van der Waals surface area contributed by atoms with E-state index in [9.17, 15) is 9.59 Å². The molecule has 31 heavy (non-hydrogen) atoms. The van der Waals surface area contributed by atoms with Gasteiger partial charge in [0.1, 0.15) is 23.6 Å². The van der Waals surface area contributed by atoms with Gasteiger partial charge in [0.25, 0.3) is 0 Å². The lowest BCUT2D eigenvalue weighted by atomic mass is 9.95. The minimum absolute atomic E-state index is 0.210. The minimum Gasteiger partial charge on any atom is -0.497 e. The molecule has 0 spiro atoms. The van der Waals surface area contributed by atoms with E-state index in [1.54, 1.807) is 31.5 Å². The average Bonchev–Trinajstić information content (AvgIpc) is 3.25. The first-order chi connectivity index (χ1) is 14.9. The van der Waals surface area contributed by atoms with Crippen molar-refractivity contribution in [1.29, 1.82) is 0 Å². The zero-order chi connectivity index (χ0) is 22.5. The molecule has 168 valence electrons. The summed E-state index contributed by atoms with van der Waals surface area (Å²) in [5.41, 5.74) is 2.54. The Morgan fingerprint density at radius 1 is 1.19 bits per heavy atom. The van der Waals surface area contributed by atoms with Gasteiger partial charge >= 0.3 is 12.0 Å². The Kier molecular flexibility index (Phi) is 7.04. The number of imidazole rings is 1. The van der Waals surface area contributed by atoms with E-state index in [1.807, 2.05) is 26.0 Å². The largest absolute Gasteiger partial charge is 0.497 e. The van der Waals surface area contributed by atoms with Gasteiger partial charge in [0.2, 0.25) is 0 Å². The van der Waals surface area contributed by atoms with Crippen LogP contribution in [-0.4, -0.2) is 60.8 Å². The van der Waals surface area contributed by atoms with E-state index in [0.29, 0.717) is 30.9 Å². The van der Waals surface area contributed by atoms with Crippen LogP contribution < -0.4 is 14.8 Å². The number of nitrogens with zero attached hydrogens (tertiary/aromatic N) is 2. The number of esters is 1. The van der Waals surface area contributed by atoms with Crippen LogP contribution in [-0.2, 0) is 16.0 Å². The zero-order valence-electron chi connectivity index (χ0n) is 18.6. The van der Waals surface area contributed by atoms with E-state index in [4.69, 9.17) is 14.2 Å². The number of aromatic nitrogens is 2. The lowest BCUT2D eigenvalue weighted by molar-refractivity contribution is -0.143. The Hall–Kier alpha value is -3.23. The van der Waals surface area contributed by atoms with Crippen LogP contribution in [0.4, 0.5) is 4.79 Å². The highest BCUT2D eigenvalue weighted by molar-refractivity contribution is 5.84. The molecule has 2 N–H and O–H groups in total. The molecule has 9 nitrogen and oxygen atoms in total. The van der Waals surface area contributed by atoms with Crippen LogP contribution >= 0.6 is 0 Å². The maximum Gasteiger partial charge on any atom is 0.328 e. The second-order valence-electron chi connectivity index (χ2n) is 7.91. The fraction of sp³-hybridized carbons (Fsp3) is 0.500. The van der Waals surface area contributed by atoms with Crippen molar-refractivity contribution in [2.24, 2.45) is 5.92 Å². The first kappa shape index (κ1) is 22.5. The molecule has 9 heteroatoms. The summed E-state index contributed by atoms with van der Waals surface area (Å²) in [5, 5.41) is 2.86. The highest BCUT2D eigenvalue weighted by atomic mass is 16.5. The topological polar surface area (TPSA) is 106 Å². The molecule has 2 aromatic rings. The summed E-state index contributed by atoms with van der Waals surface area (Å²) in [7, 11) is 4.48. The highest BCUT2D eigenvalue weighted by Gasteiger charge is 2.36. The number of hydrogen-bond acceptors (Lipinski definition) is 6. The molecule has 0 radical (unpaired) electrons. The minimum atomic E-state index is -0.724. The number of H-pyrrole nitrogens is 1. The van der Waals surface area contributed by atoms with Crippen molar-refractivity contribution in [3.05, 3.63) is 41.5 Å². The van der Waals surface area contributed by atoms with Crippen molar-refractivity contribution in [2.45, 2.75) is 38.8 Å². The van der Waals surface area contributed by atoms with Crippen molar-refractivity contribution in [1.82, 2.24) is 20.2 Å². The Labute approximate surface area is 182 Å². The number of hydrogen-bond donors (Lipinski definition) is 2. The first-order valence-corrected chi connectivity index (χ1v) is 10.3. The molecule has 2 amide bonds. The molecule has 3 rings (SSSR count). The number of ether oxygens (including phenoxy) is 3. The number of fused-ring (bicyclic) bond motifs is 1. The van der Waals surface area contributed by atoms with Gasteiger partial charge in [-0.25, -0.2) is 14.6 Å². The number of carbonyl (C=O) groups is 2. The standard InChI is InChI=1S/C22H30N4O5/c1-13(2)8-18(21(27)31-5)25-22(28)26-7-6-17-19(24-12-23-17)20(26)14-9-15(29-3)11-16(10-14)30-4/h9-13,18,20H,6-8H2,1-5H3,(H,23,24)(H,25,28)/t18-,20-/m0/s1. The van der Waals surface area contributed by atoms with Crippen molar-refractivity contribution in [2.75, 3.05) is 27.9 Å². The molecule has 0 saturated heterocycles. The quantitative estimate of drug-likeness (QED) is 0.654. The third-order valence-corrected chi connectivity index (χ3v) is 5.37. The number of nitrogens with one attached hydrogen (secondary N) is 2. The zero-order valence-corrected chi connectivity index (χ0v) is 18.6. The van der Waals surface area contributed by atoms with Crippen LogP contribution in [0.2, 0.25) is 0 Å². The van der Waals surface area contributed by atoms with Gasteiger partial charge < -0.3 is 29.4 Å². The van der Waals surface area contributed by atoms with Gasteiger partial charge in [0.05, 0.1) is 33.4 Å². The summed E-state index contributed by atoms with van der Waals surface area (Å²) < 4.78 is 15.7. The normalized spacial score (nSPS) is 16.5. The first-order valence-electron chi connectivity index (χ1n) is 10.3. The van der Waals surface area contributed by atoms with E-state index in [0.717, 1.165) is 17.0 Å². The SMILES string of the molecule is COC(=O)[C@H](CC(C)C)NC(=O)N1CCc2[nH]cnc2[C@@H]1c1cc(OC)cc(OC)c1. The van der Waals surface area contributed by atoms with Crippen LogP contribution in [0.15, 0.2) is 24.5 Å². The molecule has 2 heterocycles. The van der Waals surface area contributed by atoms with Crippen LogP contribution in [0.5, 0.6) is 11.5 Å². The summed E-state index contributed by atoms with van der Waals surface area (Å²) >= 11 is 0. The van der Waals surface area contributed by atoms with Gasteiger partial charge in [-0.1, -0.05) is 13.8 Å². The van der Waals surface area contributed by atoms with Gasteiger partial charge in [-0.05, 0) is 30.0 Å². The number of aromatic amines is 1. The van der Waals surface area contributed by atoms with E-state index in [-0.39, 0.29) is 11.9 Å². The number of benzene rings is 1. The van der Waals surface area contributed by atoms with Crippen molar-refractivity contribution in [3.8, 4) is 11.5 Å². The van der Waals surface area contributed by atoms with Crippen molar-refractivity contribution in [3.63, 3.8) is 0 Å². The van der Waals surface area contributed by atoms with Gasteiger partial charge in [0.15, 0.2) is 0 Å². The number of carbonyl (C=O) groups excluding carboxylic acids is 2. The molecule has 0 bridgehead atoms. The summed E-state index contributed by atoms with van der Waals surface area (Å²) in [6.07, 6.45) is 2.75. The maximum absolute atomic E-state index is 13.3. The predicted octanol–water partition coefficient (Wildman–Crippen LogP) is 2.67. The molecule has 0 fully saturated rings. The lowest BCUT2D eigenvalue weighted by Gasteiger charge is -2.36. The van der Waals surface area contributed by atoms with Gasteiger partial charge in [-0.2, -0.15) is 0 Å². The van der Waals surface area contributed by atoms with E-state index >= 15 is 0 Å². The number of urea groups is 1. The van der Waals surface area contributed by atoms with Gasteiger partial charge in [-0.3, -0.25) is 0 Å². The Morgan fingerprint density at radius 2 is 1.87 bits per heavy atom. The van der Waals surface area contributed by atoms with E-state index < -0.39 is 18.1 Å². The maximum atomic E-state index is 13.3. The van der Waals surface area contributed by atoms with E-state index in [2.05, 4.69) is 15.3 Å². The molecule has 1 aromatic carbocycles. The van der Waals surface area contributed by atoms with Crippen molar-refractivity contribution < 1.29 is 23.8 Å². The third kappa shape index (κ3) is 4.92. The fourth-order valence-electron chi connectivity index (χ4n) is 3.88. The monoisotopic (exact) mass is 430 g/mol. The Bertz CT molecular complexity index is 904. The van der Waals surface area contributed by atoms with Crippen molar-refractivity contribution >= 4 is 12.0 Å². The smallest absolute Gasteiger partial charge is 0.328 e. The van der Waals surface area contributed by atoms with Gasteiger partial charge in [-0.15, -0.1) is 0 Å². The summed E-state index contributed by atoms with van der Waals surface area (Å²) in [5.74, 6) is 0.982. The molecule has 1 aliphatic rings. The molecule has 0 unspecified atom stereocenters. The molecular weight excluding hydrogens is 400 g/mol.